The predicted molar refractivity (Wildman–Crippen MR) is 45.7 cm³/mol. The van der Waals surface area contributed by atoms with Gasteiger partial charge in [0.15, 0.2) is 0 Å². The van der Waals surface area contributed by atoms with Crippen LogP contribution < -0.4 is 0 Å². The molecule has 3 nitrogen and oxygen atoms in total. The number of carbonyl (C=O) groups is 1. The highest BCUT2D eigenvalue weighted by atomic mass is 32.2. The number of likely N-dealkylation sites (tertiary alicyclic amines) is 1. The Morgan fingerprint density at radius 1 is 1.55 bits per heavy atom. The topological polar surface area (TPSA) is 40.5 Å². The maximum Gasteiger partial charge on any atom is 0.281 e. The average molecular weight is 175 g/mol. The van der Waals surface area contributed by atoms with Gasteiger partial charge in [-0.05, 0) is 19.1 Å². The van der Waals surface area contributed by atoms with Crippen LogP contribution in [0.1, 0.15) is 12.8 Å². The van der Waals surface area contributed by atoms with Crippen molar-refractivity contribution in [2.24, 2.45) is 0 Å². The Labute approximate surface area is 70.8 Å². The largest absolute Gasteiger partial charge is 0.393 e. The molecule has 0 saturated carbocycles. The van der Waals surface area contributed by atoms with Crippen LogP contribution in [0.15, 0.2) is 0 Å². The highest BCUT2D eigenvalue weighted by Crippen LogP contribution is 2.13. The second-order valence-corrected chi connectivity index (χ2v) is 3.45. The van der Waals surface area contributed by atoms with Crippen LogP contribution in [0, 0.1) is 0 Å². The lowest BCUT2D eigenvalue weighted by molar-refractivity contribution is 0.100. The monoisotopic (exact) mass is 175 g/mol. The van der Waals surface area contributed by atoms with E-state index in [0.717, 1.165) is 12.8 Å². The smallest absolute Gasteiger partial charge is 0.281 e. The Kier molecular flexibility index (Phi) is 3.20. The third kappa shape index (κ3) is 2.38. The van der Waals surface area contributed by atoms with Crippen molar-refractivity contribution in [3.05, 3.63) is 0 Å². The number of hydrogen-bond acceptors (Lipinski definition) is 3. The maximum absolute atomic E-state index is 11.1. The molecule has 0 unspecified atom stereocenters. The molecule has 1 aliphatic rings. The Bertz CT molecular complexity index is 143. The molecular weight excluding hydrogens is 162 g/mol. The third-order valence-electron chi connectivity index (χ3n) is 1.90. The summed E-state index contributed by atoms with van der Waals surface area (Å²) in [6.07, 6.45) is 3.05. The lowest BCUT2D eigenvalue weighted by Gasteiger charge is -2.28. The van der Waals surface area contributed by atoms with Gasteiger partial charge in [0.1, 0.15) is 0 Å². The van der Waals surface area contributed by atoms with E-state index in [4.69, 9.17) is 5.11 Å². The van der Waals surface area contributed by atoms with E-state index >= 15 is 0 Å². The molecule has 1 fully saturated rings. The quantitative estimate of drug-likeness (QED) is 0.595. The molecule has 1 heterocycles. The number of amides is 1. The summed E-state index contributed by atoms with van der Waals surface area (Å²) in [6, 6.07) is 0. The van der Waals surface area contributed by atoms with Crippen LogP contribution in [0.3, 0.4) is 0 Å². The van der Waals surface area contributed by atoms with Crippen LogP contribution in [0.5, 0.6) is 0 Å². The molecule has 1 saturated heterocycles. The van der Waals surface area contributed by atoms with Crippen molar-refractivity contribution in [1.82, 2.24) is 4.90 Å². The predicted octanol–water partition coefficient (Wildman–Crippen LogP) is 0.926. The van der Waals surface area contributed by atoms with Crippen molar-refractivity contribution in [3.8, 4) is 0 Å². The Balaban J connectivity index is 2.33. The lowest BCUT2D eigenvalue weighted by atomic mass is 10.1. The summed E-state index contributed by atoms with van der Waals surface area (Å²) < 4.78 is 0. The highest BCUT2D eigenvalue weighted by molar-refractivity contribution is 8.12. The Morgan fingerprint density at radius 2 is 2.09 bits per heavy atom. The van der Waals surface area contributed by atoms with Gasteiger partial charge in [-0.3, -0.25) is 4.79 Å². The fourth-order valence-electron chi connectivity index (χ4n) is 1.18. The van der Waals surface area contributed by atoms with E-state index in [9.17, 15) is 4.79 Å². The zero-order chi connectivity index (χ0) is 8.27. The first-order chi connectivity index (χ1) is 5.24. The number of thioether (sulfide) groups is 1. The summed E-state index contributed by atoms with van der Waals surface area (Å²) in [5.74, 6) is 0. The van der Waals surface area contributed by atoms with Gasteiger partial charge in [-0.1, -0.05) is 11.8 Å². The van der Waals surface area contributed by atoms with Crippen LogP contribution in [-0.4, -0.2) is 40.7 Å². The molecule has 0 bridgehead atoms. The molecule has 1 N–H and O–H groups in total. The summed E-state index contributed by atoms with van der Waals surface area (Å²) in [5, 5.41) is 9.26. The molecule has 0 atom stereocenters. The number of nitrogens with zero attached hydrogens (tertiary/aromatic N) is 1. The first kappa shape index (κ1) is 8.87. The van der Waals surface area contributed by atoms with E-state index in [-0.39, 0.29) is 11.3 Å². The van der Waals surface area contributed by atoms with Crippen LogP contribution in [0.25, 0.3) is 0 Å². The van der Waals surface area contributed by atoms with Crippen molar-refractivity contribution < 1.29 is 9.90 Å². The zero-order valence-corrected chi connectivity index (χ0v) is 7.43. The van der Waals surface area contributed by atoms with Gasteiger partial charge in [-0.2, -0.15) is 0 Å². The van der Waals surface area contributed by atoms with Gasteiger partial charge < -0.3 is 10.0 Å². The average Bonchev–Trinajstić information content (AvgIpc) is 2.05. The second-order valence-electron chi connectivity index (χ2n) is 2.69. The molecule has 0 radical (unpaired) electrons. The summed E-state index contributed by atoms with van der Waals surface area (Å²) in [5.41, 5.74) is 0. The minimum absolute atomic E-state index is 0.122. The van der Waals surface area contributed by atoms with Crippen molar-refractivity contribution in [1.29, 1.82) is 0 Å². The van der Waals surface area contributed by atoms with Crippen LogP contribution in [-0.2, 0) is 0 Å². The van der Waals surface area contributed by atoms with E-state index < -0.39 is 0 Å². The minimum Gasteiger partial charge on any atom is -0.393 e. The summed E-state index contributed by atoms with van der Waals surface area (Å²) in [4.78, 5) is 12.9. The van der Waals surface area contributed by atoms with E-state index in [1.54, 1.807) is 11.2 Å². The summed E-state index contributed by atoms with van der Waals surface area (Å²) in [6.45, 7) is 1.42. The molecule has 0 aliphatic carbocycles. The van der Waals surface area contributed by atoms with Gasteiger partial charge in [0.25, 0.3) is 5.24 Å². The fraction of sp³-hybridized carbons (Fsp3) is 0.857. The number of rotatable bonds is 0. The first-order valence-electron chi connectivity index (χ1n) is 3.75. The second kappa shape index (κ2) is 3.97. The normalized spacial score (nSPS) is 20.4. The van der Waals surface area contributed by atoms with Gasteiger partial charge in [0.2, 0.25) is 0 Å². The van der Waals surface area contributed by atoms with E-state index in [0.29, 0.717) is 13.1 Å². The molecule has 1 rings (SSSR count). The first-order valence-corrected chi connectivity index (χ1v) is 4.97. The van der Waals surface area contributed by atoms with Gasteiger partial charge >= 0.3 is 0 Å². The highest BCUT2D eigenvalue weighted by Gasteiger charge is 2.19. The van der Waals surface area contributed by atoms with Gasteiger partial charge in [-0.25, -0.2) is 0 Å². The summed E-state index contributed by atoms with van der Waals surface area (Å²) >= 11 is 1.24. The number of hydrogen-bond donors (Lipinski definition) is 1. The van der Waals surface area contributed by atoms with Crippen LogP contribution >= 0.6 is 11.8 Å². The molecule has 1 aliphatic heterocycles. The maximum atomic E-state index is 11.1. The SMILES string of the molecule is CSC(=O)N1CCC(O)CC1. The molecule has 11 heavy (non-hydrogen) atoms. The molecular formula is C7H13NO2S. The number of piperidine rings is 1. The van der Waals surface area contributed by atoms with E-state index in [2.05, 4.69) is 0 Å². The molecule has 1 amide bonds. The molecule has 64 valence electrons. The van der Waals surface area contributed by atoms with E-state index in [1.807, 2.05) is 0 Å². The molecule has 4 heteroatoms. The standard InChI is InChI=1S/C7H13NO2S/c1-11-7(10)8-4-2-6(9)3-5-8/h6,9H,2-5H2,1H3. The Morgan fingerprint density at radius 3 is 2.55 bits per heavy atom. The lowest BCUT2D eigenvalue weighted by Crippen LogP contribution is -2.37. The molecule has 0 aromatic rings. The van der Waals surface area contributed by atoms with Gasteiger partial charge in [-0.15, -0.1) is 0 Å². The van der Waals surface area contributed by atoms with Crippen molar-refractivity contribution >= 4 is 17.0 Å². The molecule has 0 spiro atoms. The third-order valence-corrected chi connectivity index (χ3v) is 2.50. The van der Waals surface area contributed by atoms with Crippen molar-refractivity contribution in [3.63, 3.8) is 0 Å². The molecule has 0 aromatic carbocycles. The summed E-state index contributed by atoms with van der Waals surface area (Å²) in [7, 11) is 0. The van der Waals surface area contributed by atoms with Crippen molar-refractivity contribution in [2.45, 2.75) is 18.9 Å². The number of carbonyl (C=O) groups excluding carboxylic acids is 1. The van der Waals surface area contributed by atoms with Crippen LogP contribution in [0.4, 0.5) is 4.79 Å². The zero-order valence-electron chi connectivity index (χ0n) is 6.62. The fourth-order valence-corrected chi connectivity index (χ4v) is 1.62. The van der Waals surface area contributed by atoms with Gasteiger partial charge in [0, 0.05) is 13.1 Å². The van der Waals surface area contributed by atoms with Gasteiger partial charge in [0.05, 0.1) is 6.10 Å². The van der Waals surface area contributed by atoms with Crippen molar-refractivity contribution in [2.75, 3.05) is 19.3 Å². The van der Waals surface area contributed by atoms with E-state index in [1.165, 1.54) is 11.8 Å². The minimum atomic E-state index is -0.194. The molecule has 0 aromatic heterocycles. The number of aliphatic hydroxyl groups is 1. The number of aliphatic hydroxyl groups excluding tert-OH is 1. The van der Waals surface area contributed by atoms with Crippen LogP contribution in [0.2, 0.25) is 0 Å². The Hall–Kier alpha value is -0.220.